The van der Waals surface area contributed by atoms with Crippen LogP contribution in [-0.4, -0.2) is 0 Å². The van der Waals surface area contributed by atoms with Crippen molar-refractivity contribution in [3.63, 3.8) is 0 Å². The maximum Gasteiger partial charge on any atom is 0.0462 e. The summed E-state index contributed by atoms with van der Waals surface area (Å²) in [5, 5.41) is 13.0. The van der Waals surface area contributed by atoms with Crippen molar-refractivity contribution in [1.82, 2.24) is 0 Å². The average Bonchev–Trinajstić information content (AvgIpc) is 1.50. The highest BCUT2D eigenvalue weighted by molar-refractivity contribution is 4.03. The van der Waals surface area contributed by atoms with Crippen LogP contribution in [-0.2, 0) is 0 Å². The van der Waals surface area contributed by atoms with Crippen LogP contribution < -0.4 is 0 Å². The van der Waals surface area contributed by atoms with Gasteiger partial charge in [0.1, 0.15) is 0 Å². The summed E-state index contributed by atoms with van der Waals surface area (Å²) >= 11 is 0. The van der Waals surface area contributed by atoms with Gasteiger partial charge in [0, 0.05) is 13.1 Å². The molecule has 0 rings (SSSR count). The molecular formula is C10H34N2. The van der Waals surface area contributed by atoms with Crippen molar-refractivity contribution in [2.75, 3.05) is 0 Å². The molecule has 84 valence electrons. The van der Waals surface area contributed by atoms with Crippen molar-refractivity contribution in [2.24, 2.45) is 0 Å². The lowest BCUT2D eigenvalue weighted by Gasteiger charge is -0.668. The number of nitriles is 2. The Labute approximate surface area is 83.9 Å². The van der Waals surface area contributed by atoms with Crippen LogP contribution >= 0.6 is 0 Å². The number of hydrogen-bond acceptors (Lipinski definition) is 2. The third-order valence-electron chi connectivity index (χ3n) is 0. The highest BCUT2D eigenvalue weighted by Gasteiger charge is 0.515. The van der Waals surface area contributed by atoms with Gasteiger partial charge in [-0.15, -0.1) is 0 Å². The summed E-state index contributed by atoms with van der Waals surface area (Å²) in [6, 6.07) is 0. The van der Waals surface area contributed by atoms with Crippen LogP contribution in [0.3, 0.4) is 0 Å². The second kappa shape index (κ2) is 774. The molecule has 0 unspecified atom stereocenters. The van der Waals surface area contributed by atoms with Gasteiger partial charge in [-0.05, 0) is 0 Å². The zero-order valence-corrected chi connectivity index (χ0v) is 2.05. The summed E-state index contributed by atoms with van der Waals surface area (Å²) < 4.78 is 0. The van der Waals surface area contributed by atoms with Gasteiger partial charge in [-0.25, -0.2) is 10.5 Å². The van der Waals surface area contributed by atoms with Crippen molar-refractivity contribution < 1.29 is 0 Å². The zero-order chi connectivity index (χ0) is 4.00. The lowest BCUT2D eigenvalue weighted by atomic mass is 11.9. The molecule has 0 saturated carbocycles. The Hall–Kier alpha value is -1.02. The molecule has 0 aliphatic heterocycles. The first kappa shape index (κ1) is 1140. The molecule has 0 amide bonds. The molecule has 0 bridgehead atoms. The standard InChI is InChI=1S/2CHN.8CH4/c2*1-2;;;;;;;;/h2*1H;8*1H4. The van der Waals surface area contributed by atoms with Crippen LogP contribution in [0, 0.1) is 23.7 Å². The van der Waals surface area contributed by atoms with E-state index < -0.39 is 0 Å². The third-order valence-corrected chi connectivity index (χ3v) is 0. The molecule has 0 radical (unpaired) electrons. The fraction of sp³-hybridized carbons (Fsp3) is 0.800. The molecule has 2 heteroatoms. The Morgan fingerprint density at radius 2 is 0.333 bits per heavy atom. The fourth-order valence-corrected chi connectivity index (χ4v) is 0. The molecular weight excluding hydrogens is 148 g/mol. The lowest BCUT2D eigenvalue weighted by molar-refractivity contribution is 1.58. The summed E-state index contributed by atoms with van der Waals surface area (Å²) in [4.78, 5) is 0. The van der Waals surface area contributed by atoms with E-state index in [1.807, 2.05) is 0 Å². The summed E-state index contributed by atoms with van der Waals surface area (Å²) in [6.07, 6.45) is 0. The summed E-state index contributed by atoms with van der Waals surface area (Å²) in [5.41, 5.74) is 0. The normalized spacial score (nSPS) is 0.333. The molecule has 0 saturated heterocycles. The van der Waals surface area contributed by atoms with Gasteiger partial charge in [-0.1, -0.05) is 59.4 Å². The van der Waals surface area contributed by atoms with Gasteiger partial charge in [0.05, 0.1) is 0 Å². The molecule has 0 aliphatic carbocycles. The van der Waals surface area contributed by atoms with E-state index in [9.17, 15) is 0 Å². The minimum absolute atomic E-state index is 0. The second-order valence-electron chi connectivity index (χ2n) is 0. The molecule has 0 spiro atoms. The monoisotopic (exact) mass is 182 g/mol. The molecule has 0 atom stereocenters. The summed E-state index contributed by atoms with van der Waals surface area (Å²) in [7, 11) is 0. The Bertz CT molecular complexity index is 23.3. The van der Waals surface area contributed by atoms with Crippen LogP contribution in [0.5, 0.6) is 0 Å². The van der Waals surface area contributed by atoms with E-state index in [0.717, 1.165) is 0 Å². The molecule has 0 fully saturated rings. The van der Waals surface area contributed by atoms with Crippen LogP contribution in [0.2, 0.25) is 0 Å². The molecule has 2 nitrogen and oxygen atoms in total. The third kappa shape index (κ3) is 550. The molecule has 0 heterocycles. The Morgan fingerprint density at radius 1 is 0.333 bits per heavy atom. The van der Waals surface area contributed by atoms with E-state index in [2.05, 4.69) is 13.1 Å². The molecule has 0 aromatic carbocycles. The van der Waals surface area contributed by atoms with Gasteiger partial charge >= 0.3 is 0 Å². The largest absolute Gasteiger partial charge is 0.202 e. The summed E-state index contributed by atoms with van der Waals surface area (Å²) in [5.74, 6) is 0. The quantitative estimate of drug-likeness (QED) is 0.505. The maximum absolute atomic E-state index is 6.50. The average molecular weight is 182 g/mol. The summed E-state index contributed by atoms with van der Waals surface area (Å²) in [6.45, 7) is 7.00. The van der Waals surface area contributed by atoms with E-state index in [0.29, 0.717) is 0 Å². The lowest BCUT2D eigenvalue weighted by Crippen LogP contribution is -0.569. The van der Waals surface area contributed by atoms with E-state index in [1.54, 1.807) is 0 Å². The first-order chi connectivity index (χ1) is 2.00. The number of rotatable bonds is 0. The van der Waals surface area contributed by atoms with Crippen molar-refractivity contribution in [3.8, 4) is 13.1 Å². The topological polar surface area (TPSA) is 47.6 Å². The molecule has 0 aromatic heterocycles. The van der Waals surface area contributed by atoms with Gasteiger partial charge < -0.3 is 0 Å². The minimum atomic E-state index is 0. The first-order valence-electron chi connectivity index (χ1n) is 0.516. The highest BCUT2D eigenvalue weighted by Crippen LogP contribution is 0.588. The van der Waals surface area contributed by atoms with Gasteiger partial charge in [-0.2, -0.15) is 0 Å². The van der Waals surface area contributed by atoms with Crippen molar-refractivity contribution in [3.05, 3.63) is 0 Å². The van der Waals surface area contributed by atoms with E-state index in [-0.39, 0.29) is 59.4 Å². The molecule has 0 aromatic rings. The number of nitrogens with zero attached hydrogens (tertiary/aromatic N) is 2. The number of hydrogen-bond donors (Lipinski definition) is 0. The maximum atomic E-state index is 6.50. The van der Waals surface area contributed by atoms with Gasteiger partial charge in [-0.3, -0.25) is 0 Å². The van der Waals surface area contributed by atoms with E-state index in [1.165, 1.54) is 0 Å². The van der Waals surface area contributed by atoms with E-state index in [4.69, 9.17) is 10.5 Å². The van der Waals surface area contributed by atoms with Crippen LogP contribution in [0.1, 0.15) is 59.4 Å². The Kier molecular flexibility index (Phi) is 73400. The van der Waals surface area contributed by atoms with Crippen LogP contribution in [0.15, 0.2) is 0 Å². The van der Waals surface area contributed by atoms with Crippen LogP contribution in [0.4, 0.5) is 0 Å². The predicted octanol–water partition coefficient (Wildman–Crippen LogP) is 5.37. The Balaban J connectivity index is -0.000000000500. The first-order valence-corrected chi connectivity index (χ1v) is 0.516. The fourth-order valence-electron chi connectivity index (χ4n) is 0. The second-order valence-corrected chi connectivity index (χ2v) is 0. The zero-order valence-electron chi connectivity index (χ0n) is 2.05. The SMILES string of the molecule is C.C.C.C.C.C.C.C.C#N.C#N. The van der Waals surface area contributed by atoms with Gasteiger partial charge in [0.15, 0.2) is 0 Å². The van der Waals surface area contributed by atoms with Gasteiger partial charge in [0.25, 0.3) is 0 Å². The van der Waals surface area contributed by atoms with Gasteiger partial charge in [0.2, 0.25) is 0 Å². The Morgan fingerprint density at radius 3 is 0.333 bits per heavy atom. The molecule has 0 N–H and O–H groups in total. The van der Waals surface area contributed by atoms with Crippen molar-refractivity contribution >= 4 is 0 Å². The highest BCUT2D eigenvalue weighted by atomic mass is 14.2. The van der Waals surface area contributed by atoms with Crippen molar-refractivity contribution in [2.45, 2.75) is 59.4 Å². The molecule has 0 aliphatic rings. The van der Waals surface area contributed by atoms with Crippen molar-refractivity contribution in [1.29, 1.82) is 10.5 Å². The smallest absolute Gasteiger partial charge is 0.0462 e. The predicted molar refractivity (Wildman–Crippen MR) is 67.2 cm³/mol. The molecule has 12 heavy (non-hydrogen) atoms. The van der Waals surface area contributed by atoms with E-state index >= 15 is 0 Å². The van der Waals surface area contributed by atoms with Crippen LogP contribution in [0.25, 0.3) is 0 Å². The minimum Gasteiger partial charge on any atom is -0.202 e.